The molecule has 2 heterocycles. The molecular weight excluding hydrogens is 354 g/mol. The van der Waals surface area contributed by atoms with E-state index in [9.17, 15) is 18.3 Å². The molecule has 1 aromatic heterocycles. The van der Waals surface area contributed by atoms with Crippen LogP contribution in [0.5, 0.6) is 0 Å². The van der Waals surface area contributed by atoms with Gasteiger partial charge in [0, 0.05) is 38.6 Å². The molecule has 7 nitrogen and oxygen atoms in total. The Balaban J connectivity index is 1.67. The zero-order valence-electron chi connectivity index (χ0n) is 14.2. The van der Waals surface area contributed by atoms with Gasteiger partial charge in [0.05, 0.1) is 5.75 Å². The smallest absolute Gasteiger partial charge is 0.325 e. The first-order chi connectivity index (χ1) is 12.5. The van der Waals surface area contributed by atoms with Crippen molar-refractivity contribution in [2.45, 2.75) is 11.8 Å². The molecule has 0 amide bonds. The Kier molecular flexibility index (Phi) is 5.65. The van der Waals surface area contributed by atoms with E-state index >= 15 is 0 Å². The quantitative estimate of drug-likeness (QED) is 0.820. The summed E-state index contributed by atoms with van der Waals surface area (Å²) in [6.07, 6.45) is 3.13. The zero-order valence-corrected chi connectivity index (χ0v) is 15.0. The van der Waals surface area contributed by atoms with Crippen molar-refractivity contribution in [2.75, 3.05) is 26.2 Å². The van der Waals surface area contributed by atoms with Crippen LogP contribution in [0.4, 0.5) is 0 Å². The Morgan fingerprint density at radius 3 is 2.35 bits per heavy atom. The van der Waals surface area contributed by atoms with Gasteiger partial charge in [-0.2, -0.15) is 4.31 Å². The van der Waals surface area contributed by atoms with Crippen LogP contribution in [0.3, 0.4) is 0 Å². The Hall–Kier alpha value is -2.29. The lowest BCUT2D eigenvalue weighted by atomic mass is 10.1. The number of carboxylic acids is 1. The molecule has 1 N–H and O–H groups in total. The third kappa shape index (κ3) is 4.27. The summed E-state index contributed by atoms with van der Waals surface area (Å²) in [6.45, 7) is 1.28. The van der Waals surface area contributed by atoms with Gasteiger partial charge in [0.2, 0.25) is 10.0 Å². The fourth-order valence-electron chi connectivity index (χ4n) is 3.16. The maximum absolute atomic E-state index is 12.6. The van der Waals surface area contributed by atoms with Crippen molar-refractivity contribution in [2.24, 2.45) is 0 Å². The van der Waals surface area contributed by atoms with Crippen molar-refractivity contribution in [3.63, 3.8) is 0 Å². The zero-order chi connectivity index (χ0) is 18.6. The Morgan fingerprint density at radius 1 is 1.08 bits per heavy atom. The number of hydrogen-bond donors (Lipinski definition) is 1. The third-order valence-electron chi connectivity index (χ3n) is 4.46. The van der Waals surface area contributed by atoms with Gasteiger partial charge in [-0.3, -0.25) is 14.7 Å². The van der Waals surface area contributed by atoms with Gasteiger partial charge >= 0.3 is 5.97 Å². The first-order valence-corrected chi connectivity index (χ1v) is 9.97. The molecule has 0 spiro atoms. The molecule has 1 aromatic carbocycles. The predicted molar refractivity (Wildman–Crippen MR) is 96.8 cm³/mol. The first kappa shape index (κ1) is 18.5. The molecule has 2 aromatic rings. The average Bonchev–Trinajstić information content (AvgIpc) is 2.63. The van der Waals surface area contributed by atoms with Crippen LogP contribution in [-0.2, 0) is 20.6 Å². The normalized spacial score (nSPS) is 17.7. The Labute approximate surface area is 152 Å². The highest BCUT2D eigenvalue weighted by Gasteiger charge is 2.33. The maximum Gasteiger partial charge on any atom is 0.325 e. The van der Waals surface area contributed by atoms with Gasteiger partial charge in [-0.25, -0.2) is 8.42 Å². The average molecular weight is 375 g/mol. The minimum Gasteiger partial charge on any atom is -0.480 e. The van der Waals surface area contributed by atoms with Crippen LogP contribution >= 0.6 is 0 Å². The van der Waals surface area contributed by atoms with Crippen molar-refractivity contribution in [1.29, 1.82) is 0 Å². The number of carboxylic acid groups (broad SMARTS) is 1. The van der Waals surface area contributed by atoms with Gasteiger partial charge in [0.15, 0.2) is 0 Å². The summed E-state index contributed by atoms with van der Waals surface area (Å²) < 4.78 is 26.7. The highest BCUT2D eigenvalue weighted by molar-refractivity contribution is 7.88. The van der Waals surface area contributed by atoms with Crippen molar-refractivity contribution >= 4 is 16.0 Å². The molecular formula is C18H21N3O4S. The van der Waals surface area contributed by atoms with Crippen LogP contribution in [0.25, 0.3) is 0 Å². The lowest BCUT2D eigenvalue weighted by molar-refractivity contribution is -0.144. The van der Waals surface area contributed by atoms with E-state index in [1.54, 1.807) is 35.4 Å². The molecule has 0 saturated carbocycles. The molecule has 1 atom stereocenters. The van der Waals surface area contributed by atoms with Crippen LogP contribution in [0.15, 0.2) is 54.9 Å². The van der Waals surface area contributed by atoms with Crippen LogP contribution in [0.1, 0.15) is 17.2 Å². The third-order valence-corrected chi connectivity index (χ3v) is 6.31. The molecule has 8 heteroatoms. The van der Waals surface area contributed by atoms with Gasteiger partial charge in [0.1, 0.15) is 6.04 Å². The monoisotopic (exact) mass is 375 g/mol. The van der Waals surface area contributed by atoms with Crippen LogP contribution < -0.4 is 0 Å². The summed E-state index contributed by atoms with van der Waals surface area (Å²) in [7, 11) is -3.42. The van der Waals surface area contributed by atoms with Crippen molar-refractivity contribution in [3.8, 4) is 0 Å². The van der Waals surface area contributed by atoms with E-state index in [2.05, 4.69) is 4.98 Å². The van der Waals surface area contributed by atoms with Gasteiger partial charge in [0.25, 0.3) is 0 Å². The topological polar surface area (TPSA) is 90.8 Å². The summed E-state index contributed by atoms with van der Waals surface area (Å²) in [4.78, 5) is 17.5. The number of carbonyl (C=O) groups is 1. The number of nitrogens with zero attached hydrogens (tertiary/aromatic N) is 3. The first-order valence-electron chi connectivity index (χ1n) is 8.36. The standard InChI is InChI=1S/C18H21N3O4S/c22-18(23)17(16-7-4-8-19-13-16)20-9-11-21(12-10-20)26(24,25)14-15-5-2-1-3-6-15/h1-8,13,17H,9-12,14H2,(H,22,23). The number of pyridine rings is 1. The summed E-state index contributed by atoms with van der Waals surface area (Å²) in [5.41, 5.74) is 1.34. The summed E-state index contributed by atoms with van der Waals surface area (Å²) in [6, 6.07) is 11.7. The van der Waals surface area contributed by atoms with Crippen molar-refractivity contribution < 1.29 is 18.3 Å². The predicted octanol–water partition coefficient (Wildman–Crippen LogP) is 1.35. The number of aliphatic carboxylic acids is 1. The van der Waals surface area contributed by atoms with E-state index in [1.165, 1.54) is 10.5 Å². The molecule has 1 fully saturated rings. The van der Waals surface area contributed by atoms with Gasteiger partial charge in [-0.15, -0.1) is 0 Å². The molecule has 1 unspecified atom stereocenters. The number of piperazine rings is 1. The summed E-state index contributed by atoms with van der Waals surface area (Å²) in [5.74, 6) is -1.00. The minimum atomic E-state index is -3.42. The number of sulfonamides is 1. The Morgan fingerprint density at radius 2 is 1.77 bits per heavy atom. The molecule has 1 aliphatic rings. The molecule has 1 aliphatic heterocycles. The highest BCUT2D eigenvalue weighted by atomic mass is 32.2. The molecule has 0 radical (unpaired) electrons. The van der Waals surface area contributed by atoms with E-state index in [4.69, 9.17) is 0 Å². The number of rotatable bonds is 6. The SMILES string of the molecule is O=C(O)C(c1cccnc1)N1CCN(S(=O)(=O)Cc2ccccc2)CC1. The summed E-state index contributed by atoms with van der Waals surface area (Å²) >= 11 is 0. The highest BCUT2D eigenvalue weighted by Crippen LogP contribution is 2.23. The number of aromatic nitrogens is 1. The van der Waals surface area contributed by atoms with Crippen LogP contribution in [-0.4, -0.2) is 59.9 Å². The fraction of sp³-hybridized carbons (Fsp3) is 0.333. The van der Waals surface area contributed by atoms with Gasteiger partial charge in [-0.1, -0.05) is 36.4 Å². The molecule has 0 aliphatic carbocycles. The van der Waals surface area contributed by atoms with E-state index in [0.717, 1.165) is 5.56 Å². The maximum atomic E-state index is 12.6. The number of benzene rings is 1. The lowest BCUT2D eigenvalue weighted by Crippen LogP contribution is -2.51. The second kappa shape index (κ2) is 7.94. The van der Waals surface area contributed by atoms with E-state index < -0.39 is 22.0 Å². The van der Waals surface area contributed by atoms with Crippen molar-refractivity contribution in [3.05, 3.63) is 66.0 Å². The Bertz CT molecular complexity index is 835. The molecule has 138 valence electrons. The van der Waals surface area contributed by atoms with Gasteiger partial charge in [-0.05, 0) is 17.2 Å². The van der Waals surface area contributed by atoms with Crippen LogP contribution in [0, 0.1) is 0 Å². The van der Waals surface area contributed by atoms with Crippen LogP contribution in [0.2, 0.25) is 0 Å². The van der Waals surface area contributed by atoms with Gasteiger partial charge < -0.3 is 5.11 Å². The van der Waals surface area contributed by atoms with Crippen molar-refractivity contribution in [1.82, 2.24) is 14.2 Å². The fourth-order valence-corrected chi connectivity index (χ4v) is 4.68. The molecule has 26 heavy (non-hydrogen) atoms. The molecule has 3 rings (SSSR count). The molecule has 1 saturated heterocycles. The lowest BCUT2D eigenvalue weighted by Gasteiger charge is -2.37. The number of hydrogen-bond acceptors (Lipinski definition) is 5. The van der Waals surface area contributed by atoms with E-state index in [-0.39, 0.29) is 18.8 Å². The molecule has 0 bridgehead atoms. The second-order valence-corrected chi connectivity index (χ2v) is 8.17. The summed E-state index contributed by atoms with van der Waals surface area (Å²) in [5, 5.41) is 9.60. The van der Waals surface area contributed by atoms with E-state index in [0.29, 0.717) is 18.7 Å². The minimum absolute atomic E-state index is 0.0429. The van der Waals surface area contributed by atoms with E-state index in [1.807, 2.05) is 18.2 Å². The largest absolute Gasteiger partial charge is 0.480 e. The second-order valence-electron chi connectivity index (χ2n) is 6.20.